The van der Waals surface area contributed by atoms with Gasteiger partial charge in [-0.25, -0.2) is 9.97 Å². The topological polar surface area (TPSA) is 43.9 Å². The van der Waals surface area contributed by atoms with Crippen molar-refractivity contribution in [2.45, 2.75) is 33.6 Å². The first-order chi connectivity index (χ1) is 19.0. The number of furan rings is 1. The minimum atomic E-state index is 0.377. The molecule has 7 aromatic rings. The van der Waals surface area contributed by atoms with E-state index in [2.05, 4.69) is 117 Å². The molecule has 4 aromatic carbocycles. The number of benzene rings is 4. The van der Waals surface area contributed by atoms with E-state index >= 15 is 0 Å². The summed E-state index contributed by atoms with van der Waals surface area (Å²) < 4.78 is 8.35. The molecule has 0 amide bonds. The number of para-hydroxylation sites is 3. The second kappa shape index (κ2) is 8.95. The number of nitrogens with zero attached hydrogens (tertiary/aromatic N) is 3. The van der Waals surface area contributed by atoms with Crippen LogP contribution in [0, 0.1) is 13.8 Å². The zero-order valence-electron chi connectivity index (χ0n) is 22.6. The van der Waals surface area contributed by atoms with E-state index in [1.807, 2.05) is 6.07 Å². The predicted molar refractivity (Wildman–Crippen MR) is 161 cm³/mol. The third-order valence-electron chi connectivity index (χ3n) is 7.68. The fourth-order valence-corrected chi connectivity index (χ4v) is 5.90. The summed E-state index contributed by atoms with van der Waals surface area (Å²) >= 11 is 0. The Morgan fingerprint density at radius 3 is 2.28 bits per heavy atom. The zero-order chi connectivity index (χ0) is 26.7. The Balaban J connectivity index is 1.47. The third kappa shape index (κ3) is 3.75. The molecule has 0 saturated heterocycles. The summed E-state index contributed by atoms with van der Waals surface area (Å²) in [4.78, 5) is 10.1. The van der Waals surface area contributed by atoms with Crippen molar-refractivity contribution in [2.24, 2.45) is 0 Å². The van der Waals surface area contributed by atoms with Crippen LogP contribution in [0.3, 0.4) is 0 Å². The van der Waals surface area contributed by atoms with E-state index in [1.165, 1.54) is 27.8 Å². The van der Waals surface area contributed by atoms with Gasteiger partial charge in [0.2, 0.25) is 5.71 Å². The van der Waals surface area contributed by atoms with Crippen molar-refractivity contribution in [1.29, 1.82) is 0 Å². The van der Waals surface area contributed by atoms with Crippen LogP contribution in [0.15, 0.2) is 102 Å². The number of pyridine rings is 1. The molecule has 0 atom stereocenters. The van der Waals surface area contributed by atoms with Crippen molar-refractivity contribution in [3.8, 4) is 28.2 Å². The number of fused-ring (bicyclic) bond motifs is 3. The van der Waals surface area contributed by atoms with E-state index in [0.29, 0.717) is 11.6 Å². The van der Waals surface area contributed by atoms with Crippen LogP contribution in [-0.4, -0.2) is 14.5 Å². The molecule has 0 aliphatic carbocycles. The molecule has 190 valence electrons. The number of aryl methyl sites for hydroxylation is 2. The molecular formula is C35H29N3O. The number of imidazole rings is 1. The van der Waals surface area contributed by atoms with Crippen LogP contribution in [0.25, 0.3) is 61.2 Å². The second-order valence-corrected chi connectivity index (χ2v) is 10.6. The average molecular weight is 508 g/mol. The molecule has 0 radical (unpaired) electrons. The maximum absolute atomic E-state index is 6.09. The lowest BCUT2D eigenvalue weighted by Gasteiger charge is -2.16. The molecular weight excluding hydrogens is 478 g/mol. The molecule has 0 N–H and O–H groups in total. The maximum Gasteiger partial charge on any atom is 0.227 e. The molecule has 3 heterocycles. The van der Waals surface area contributed by atoms with Crippen molar-refractivity contribution in [3.05, 3.63) is 114 Å². The number of rotatable bonds is 4. The molecule has 0 spiro atoms. The first-order valence-corrected chi connectivity index (χ1v) is 13.5. The van der Waals surface area contributed by atoms with Crippen LogP contribution in [0.4, 0.5) is 0 Å². The van der Waals surface area contributed by atoms with Gasteiger partial charge in [0.1, 0.15) is 12.1 Å². The van der Waals surface area contributed by atoms with Gasteiger partial charge >= 0.3 is 0 Å². The van der Waals surface area contributed by atoms with Gasteiger partial charge in [-0.05, 0) is 77.9 Å². The van der Waals surface area contributed by atoms with Crippen molar-refractivity contribution in [1.82, 2.24) is 14.5 Å². The van der Waals surface area contributed by atoms with Gasteiger partial charge in [-0.15, -0.1) is 0 Å². The standard InChI is InChI=1S/C35H29N3O/c1-21(2)27-14-10-13-25-19-28-29(20-39-35(28)37-33(25)27)34-36-30-15-8-9-16-31(30)38(34)26-17-22(3)32(23(4)18-26)24-11-6-5-7-12-24/h5-21H,1-4H3. The summed E-state index contributed by atoms with van der Waals surface area (Å²) in [6.07, 6.45) is 1.81. The quantitative estimate of drug-likeness (QED) is 0.238. The highest BCUT2D eigenvalue weighted by Gasteiger charge is 2.21. The van der Waals surface area contributed by atoms with Crippen LogP contribution in [-0.2, 0) is 0 Å². The zero-order valence-corrected chi connectivity index (χ0v) is 22.6. The van der Waals surface area contributed by atoms with Crippen LogP contribution >= 0.6 is 0 Å². The average Bonchev–Trinajstić information content (AvgIpc) is 3.52. The Morgan fingerprint density at radius 2 is 1.51 bits per heavy atom. The first-order valence-electron chi connectivity index (χ1n) is 13.5. The van der Waals surface area contributed by atoms with Crippen molar-refractivity contribution < 1.29 is 4.42 Å². The fraction of sp³-hybridized carbons (Fsp3) is 0.143. The van der Waals surface area contributed by atoms with Gasteiger partial charge in [-0.3, -0.25) is 4.57 Å². The van der Waals surface area contributed by atoms with Crippen LogP contribution in [0.5, 0.6) is 0 Å². The van der Waals surface area contributed by atoms with E-state index in [0.717, 1.165) is 44.4 Å². The van der Waals surface area contributed by atoms with Crippen molar-refractivity contribution >= 4 is 33.0 Å². The molecule has 39 heavy (non-hydrogen) atoms. The van der Waals surface area contributed by atoms with Crippen LogP contribution < -0.4 is 0 Å². The summed E-state index contributed by atoms with van der Waals surface area (Å²) in [7, 11) is 0. The smallest absolute Gasteiger partial charge is 0.227 e. The van der Waals surface area contributed by atoms with Gasteiger partial charge in [-0.1, -0.05) is 74.5 Å². The molecule has 0 aliphatic rings. The lowest BCUT2D eigenvalue weighted by atomic mass is 9.95. The van der Waals surface area contributed by atoms with Gasteiger partial charge < -0.3 is 4.42 Å². The molecule has 0 saturated carbocycles. The fourth-order valence-electron chi connectivity index (χ4n) is 5.90. The highest BCUT2D eigenvalue weighted by Crippen LogP contribution is 2.38. The van der Waals surface area contributed by atoms with E-state index < -0.39 is 0 Å². The maximum atomic E-state index is 6.09. The lowest BCUT2D eigenvalue weighted by molar-refractivity contribution is 0.605. The first kappa shape index (κ1) is 23.4. The Kier molecular flexibility index (Phi) is 5.38. The third-order valence-corrected chi connectivity index (χ3v) is 7.68. The Bertz CT molecular complexity index is 1990. The molecule has 3 aromatic heterocycles. The van der Waals surface area contributed by atoms with E-state index in [4.69, 9.17) is 14.4 Å². The minimum Gasteiger partial charge on any atom is -0.445 e. The molecule has 4 heteroatoms. The summed E-state index contributed by atoms with van der Waals surface area (Å²) in [5.41, 5.74) is 11.8. The summed E-state index contributed by atoms with van der Waals surface area (Å²) in [5, 5.41) is 2.08. The normalized spacial score (nSPS) is 11.8. The molecule has 0 bridgehead atoms. The van der Waals surface area contributed by atoms with Gasteiger partial charge in [-0.2, -0.15) is 0 Å². The monoisotopic (exact) mass is 507 g/mol. The Hall–Kier alpha value is -4.70. The molecule has 4 nitrogen and oxygen atoms in total. The van der Waals surface area contributed by atoms with Gasteiger partial charge in [0.15, 0.2) is 0 Å². The summed E-state index contributed by atoms with van der Waals surface area (Å²) in [6, 6.07) is 32.0. The van der Waals surface area contributed by atoms with Gasteiger partial charge in [0.25, 0.3) is 0 Å². The van der Waals surface area contributed by atoms with E-state index in [-0.39, 0.29) is 0 Å². The van der Waals surface area contributed by atoms with Crippen molar-refractivity contribution in [3.63, 3.8) is 0 Å². The van der Waals surface area contributed by atoms with E-state index in [9.17, 15) is 0 Å². The summed E-state index contributed by atoms with van der Waals surface area (Å²) in [5.74, 6) is 1.23. The predicted octanol–water partition coefficient (Wildman–Crippen LogP) is 9.39. The number of aromatic nitrogens is 3. The molecule has 0 fully saturated rings. The number of hydrogen-bond acceptors (Lipinski definition) is 3. The highest BCUT2D eigenvalue weighted by atomic mass is 16.3. The number of hydrogen-bond donors (Lipinski definition) is 0. The van der Waals surface area contributed by atoms with E-state index in [1.54, 1.807) is 6.26 Å². The SMILES string of the molecule is Cc1cc(-n2c(-c3coc4nc5c(C(C)C)cccc5cc34)nc3ccccc32)cc(C)c1-c1ccccc1. The molecule has 0 aliphatic heterocycles. The van der Waals surface area contributed by atoms with Crippen LogP contribution in [0.2, 0.25) is 0 Å². The Morgan fingerprint density at radius 1 is 0.769 bits per heavy atom. The van der Waals surface area contributed by atoms with Crippen LogP contribution in [0.1, 0.15) is 36.5 Å². The Labute approximate surface area is 227 Å². The van der Waals surface area contributed by atoms with Gasteiger partial charge in [0.05, 0.1) is 27.5 Å². The minimum absolute atomic E-state index is 0.377. The van der Waals surface area contributed by atoms with Crippen molar-refractivity contribution in [2.75, 3.05) is 0 Å². The van der Waals surface area contributed by atoms with Gasteiger partial charge in [0, 0.05) is 11.1 Å². The largest absolute Gasteiger partial charge is 0.445 e. The summed E-state index contributed by atoms with van der Waals surface area (Å²) in [6.45, 7) is 8.77. The molecule has 7 rings (SSSR count). The lowest BCUT2D eigenvalue weighted by Crippen LogP contribution is -2.00. The molecule has 0 unspecified atom stereocenters. The highest BCUT2D eigenvalue weighted by molar-refractivity contribution is 6.00. The second-order valence-electron chi connectivity index (χ2n) is 10.6.